The summed E-state index contributed by atoms with van der Waals surface area (Å²) in [4.78, 5) is 38.8. The topological polar surface area (TPSA) is 197 Å². The summed E-state index contributed by atoms with van der Waals surface area (Å²) in [6.45, 7) is 17.2. The highest BCUT2D eigenvalue weighted by atomic mass is 16.6. The first-order valence-corrected chi connectivity index (χ1v) is 25.3. The summed E-state index contributed by atoms with van der Waals surface area (Å²) in [5.41, 5.74) is 12.0. The van der Waals surface area contributed by atoms with Gasteiger partial charge in [-0.2, -0.15) is 0 Å². The van der Waals surface area contributed by atoms with Gasteiger partial charge in [0.1, 0.15) is 6.73 Å². The van der Waals surface area contributed by atoms with E-state index in [0.29, 0.717) is 31.7 Å². The Morgan fingerprint density at radius 1 is 0.954 bits per heavy atom. The number of hydrogen-bond donors (Lipinski definition) is 6. The maximum absolute atomic E-state index is 12.4. The molecule has 4 fully saturated rings. The molecule has 2 saturated carbocycles. The van der Waals surface area contributed by atoms with E-state index in [-0.39, 0.29) is 55.2 Å². The first-order chi connectivity index (χ1) is 31.3. The Kier molecular flexibility index (Phi) is 26.9. The summed E-state index contributed by atoms with van der Waals surface area (Å²) in [6, 6.07) is 0. The highest BCUT2D eigenvalue weighted by molar-refractivity contribution is 5.93. The van der Waals surface area contributed by atoms with E-state index in [2.05, 4.69) is 36.7 Å². The monoisotopic (exact) mass is 915 g/mol. The number of hydrazine groups is 1. The third-order valence-electron chi connectivity index (χ3n) is 12.7. The van der Waals surface area contributed by atoms with Gasteiger partial charge < -0.3 is 50.9 Å². The lowest BCUT2D eigenvalue weighted by atomic mass is 9.89. The van der Waals surface area contributed by atoms with Gasteiger partial charge in [0.15, 0.2) is 6.23 Å². The van der Waals surface area contributed by atoms with Crippen LogP contribution in [-0.4, -0.2) is 114 Å². The third kappa shape index (κ3) is 21.7. The molecule has 8 N–H and O–H groups in total. The molecule has 2 aliphatic carbocycles. The molecule has 2 saturated heterocycles. The van der Waals surface area contributed by atoms with Crippen molar-refractivity contribution in [2.45, 2.75) is 200 Å². The summed E-state index contributed by atoms with van der Waals surface area (Å²) < 4.78 is 15.9. The minimum Gasteiger partial charge on any atom is -0.425 e. The van der Waals surface area contributed by atoms with Gasteiger partial charge in [0, 0.05) is 80.5 Å². The molecule has 0 radical (unpaired) electrons. The number of allylic oxidation sites excluding steroid dienone is 5. The Morgan fingerprint density at radius 3 is 2.22 bits per heavy atom. The first-order valence-electron chi connectivity index (χ1n) is 25.3. The molecular formula is C50H90N8O7. The van der Waals surface area contributed by atoms with Crippen molar-refractivity contribution in [3.8, 4) is 0 Å². The van der Waals surface area contributed by atoms with Crippen LogP contribution in [0.3, 0.4) is 0 Å². The molecule has 372 valence electrons. The summed E-state index contributed by atoms with van der Waals surface area (Å²) in [7, 11) is 0. The fraction of sp³-hybridized carbons (Fsp3) is 0.780. The summed E-state index contributed by atoms with van der Waals surface area (Å²) in [5, 5.41) is 20.8. The second-order valence-electron chi connectivity index (χ2n) is 18.7. The van der Waals surface area contributed by atoms with Crippen LogP contribution in [0.2, 0.25) is 0 Å². The van der Waals surface area contributed by atoms with Crippen LogP contribution in [0.15, 0.2) is 46.6 Å². The number of carbonyl (C=O) groups is 3. The number of aliphatic hydroxyl groups excluding tert-OH is 1. The second-order valence-corrected chi connectivity index (χ2v) is 18.7. The summed E-state index contributed by atoms with van der Waals surface area (Å²) in [5.74, 6) is 6.23. The van der Waals surface area contributed by atoms with E-state index in [1.165, 1.54) is 86.1 Å². The summed E-state index contributed by atoms with van der Waals surface area (Å²) in [6.07, 6.45) is 28.1. The fourth-order valence-electron chi connectivity index (χ4n) is 8.18. The first kappa shape index (κ1) is 55.7. The van der Waals surface area contributed by atoms with Gasteiger partial charge in [-0.25, -0.2) is 15.5 Å². The quantitative estimate of drug-likeness (QED) is 0.0234. The van der Waals surface area contributed by atoms with Crippen molar-refractivity contribution in [3.63, 3.8) is 0 Å². The predicted molar refractivity (Wildman–Crippen MR) is 259 cm³/mol. The fourth-order valence-corrected chi connectivity index (χ4v) is 8.18. The number of aliphatic hydroxyl groups is 1. The van der Waals surface area contributed by atoms with Gasteiger partial charge in [-0.05, 0) is 129 Å². The molecule has 0 spiro atoms. The van der Waals surface area contributed by atoms with E-state index < -0.39 is 0 Å². The van der Waals surface area contributed by atoms with E-state index in [9.17, 15) is 14.4 Å². The lowest BCUT2D eigenvalue weighted by Gasteiger charge is -2.44. The molecule has 3 heterocycles. The molecule has 5 aliphatic rings. The number of ether oxygens (including phenoxy) is 3. The minimum absolute atomic E-state index is 0.00387. The Bertz CT molecular complexity index is 1530. The predicted octanol–water partition coefficient (Wildman–Crippen LogP) is 7.73. The molecule has 65 heavy (non-hydrogen) atoms. The smallest absolute Gasteiger partial charge is 0.416 e. The standard InChI is InChI=1S/C42H75N7O3.C6H9NO4.C2H6/c1-34(43)33-48(44)30-25-35(2)52-32-26-42(3,4)47-28-14-13-27-46-40(50)22-12-10-8-6-5-7-9-11-21-38(36-17-15-18-36)45-29-31-49-39(23-24-41(49)51)37-19-16-20-37;8-2-4-1-5-7(3-10-4)6(9)11-5;1-2/h23-24,33,35,45,47H,5-22,25-32,43-44H2,1-4H3,(H,46,50);4-5,8H,1-3H2;1-2H3/b34-33-;;. The average Bonchev–Trinajstić information content (AvgIpc) is 3.58. The van der Waals surface area contributed by atoms with Crippen LogP contribution < -0.4 is 27.5 Å². The number of nitrogens with zero attached hydrogens (tertiary/aromatic N) is 3. The molecule has 5 rings (SSSR count). The van der Waals surface area contributed by atoms with Crippen molar-refractivity contribution in [2.24, 2.45) is 11.6 Å². The number of nitrogens with two attached hydrogens (primary N) is 2. The molecule has 3 atom stereocenters. The van der Waals surface area contributed by atoms with Gasteiger partial charge in [0.25, 0.3) is 5.91 Å². The molecule has 15 nitrogen and oxygen atoms in total. The van der Waals surface area contributed by atoms with E-state index in [1.54, 1.807) is 22.9 Å². The SMILES string of the molecule is C/C(N)=C/N(N)CCC(C)OCCC(C)(C)NCCCCNC(=O)CCCCCCCCCCC(NCCN1C(=O)C=CC1=C1CCC1)=C1CCC1.CC.O=C1OC2CC(CO)OCN12. The van der Waals surface area contributed by atoms with Crippen LogP contribution >= 0.6 is 0 Å². The van der Waals surface area contributed by atoms with Crippen LogP contribution in [0.25, 0.3) is 0 Å². The number of fused-ring (bicyclic) bond motifs is 1. The van der Waals surface area contributed by atoms with Gasteiger partial charge >= 0.3 is 6.09 Å². The number of unbranched alkanes of at least 4 members (excludes halogenated alkanes) is 8. The number of nitrogens with one attached hydrogen (secondary N) is 3. The number of carbonyl (C=O) groups excluding carboxylic acids is 3. The zero-order valence-corrected chi connectivity index (χ0v) is 41.4. The molecular weight excluding hydrogens is 825 g/mol. The van der Waals surface area contributed by atoms with Crippen LogP contribution in [0, 0.1) is 0 Å². The van der Waals surface area contributed by atoms with Crippen molar-refractivity contribution < 1.29 is 33.7 Å². The van der Waals surface area contributed by atoms with E-state index >= 15 is 0 Å². The van der Waals surface area contributed by atoms with Crippen LogP contribution in [0.4, 0.5) is 4.79 Å². The molecule has 0 aromatic rings. The number of rotatable bonds is 30. The molecule has 15 heteroatoms. The molecule has 0 aromatic carbocycles. The van der Waals surface area contributed by atoms with Crippen LogP contribution in [-0.2, 0) is 23.8 Å². The zero-order valence-electron chi connectivity index (χ0n) is 41.4. The van der Waals surface area contributed by atoms with Crippen molar-refractivity contribution in [2.75, 3.05) is 52.7 Å². The Hall–Kier alpha value is -3.63. The van der Waals surface area contributed by atoms with Gasteiger partial charge in [-0.3, -0.25) is 9.59 Å². The Balaban J connectivity index is 0.000000736. The van der Waals surface area contributed by atoms with E-state index in [1.807, 2.05) is 31.7 Å². The van der Waals surface area contributed by atoms with Crippen molar-refractivity contribution >= 4 is 17.9 Å². The van der Waals surface area contributed by atoms with Gasteiger partial charge in [0.05, 0.1) is 18.8 Å². The van der Waals surface area contributed by atoms with E-state index in [4.69, 9.17) is 30.9 Å². The second kappa shape index (κ2) is 31.4. The minimum atomic E-state index is -0.327. The lowest BCUT2D eigenvalue weighted by Crippen LogP contribution is -2.60. The molecule has 3 unspecified atom stereocenters. The maximum Gasteiger partial charge on any atom is 0.416 e. The van der Waals surface area contributed by atoms with Crippen molar-refractivity contribution in [1.82, 2.24) is 30.8 Å². The molecule has 3 aliphatic heterocycles. The molecule has 0 aromatic heterocycles. The molecule has 3 amide bonds. The molecule has 0 bridgehead atoms. The van der Waals surface area contributed by atoms with Crippen molar-refractivity contribution in [3.05, 3.63) is 46.6 Å². The highest BCUT2D eigenvalue weighted by Crippen LogP contribution is 2.33. The van der Waals surface area contributed by atoms with Gasteiger partial charge in [-0.15, -0.1) is 0 Å². The number of amides is 3. The maximum atomic E-state index is 12.4. The van der Waals surface area contributed by atoms with Crippen LogP contribution in [0.1, 0.15) is 176 Å². The van der Waals surface area contributed by atoms with Gasteiger partial charge in [0.2, 0.25) is 5.91 Å². The Morgan fingerprint density at radius 2 is 1.62 bits per heavy atom. The van der Waals surface area contributed by atoms with Crippen molar-refractivity contribution in [1.29, 1.82) is 0 Å². The average molecular weight is 915 g/mol. The van der Waals surface area contributed by atoms with E-state index in [0.717, 1.165) is 84.0 Å². The summed E-state index contributed by atoms with van der Waals surface area (Å²) >= 11 is 0. The lowest BCUT2D eigenvalue weighted by molar-refractivity contribution is -0.209. The highest BCUT2D eigenvalue weighted by Gasteiger charge is 2.43. The zero-order chi connectivity index (χ0) is 47.5. The van der Waals surface area contributed by atoms with Gasteiger partial charge in [-0.1, -0.05) is 57.9 Å². The Labute approximate surface area is 392 Å². The third-order valence-corrected chi connectivity index (χ3v) is 12.7. The largest absolute Gasteiger partial charge is 0.425 e. The van der Waals surface area contributed by atoms with Crippen LogP contribution in [0.5, 0.6) is 0 Å². The normalized spacial score (nSPS) is 19.4. The number of hydrogen-bond acceptors (Lipinski definition) is 12.